The summed E-state index contributed by atoms with van der Waals surface area (Å²) in [7, 11) is 0. The summed E-state index contributed by atoms with van der Waals surface area (Å²) in [6, 6.07) is 3.31. The number of nitrogens with one attached hydrogen (secondary N) is 1. The number of carboxylic acids is 2. The Morgan fingerprint density at radius 2 is 1.34 bits per heavy atom. The molecule has 13 nitrogen and oxygen atoms in total. The molecule has 2 atom stereocenters. The topological polar surface area (TPSA) is 211 Å². The SMILES string of the molecule is C.C.CC(C)(O)[C@@H](N)C(=O)O.O=CO[O-].[C-]#[N+]c1ccc(F)c(C)c1Cl.[C-]#[N+]c1ccc(N[C@@H](C(=O)O)C(C)(C)O)c(C)c1Cl.[H-].[K+].[K+]. The monoisotopic (exact) mass is 756 g/mol. The van der Waals surface area contributed by atoms with Gasteiger partial charge in [0.15, 0.2) is 6.04 Å². The van der Waals surface area contributed by atoms with Gasteiger partial charge in [0.2, 0.25) is 11.4 Å². The van der Waals surface area contributed by atoms with Crippen LogP contribution in [0, 0.1) is 32.8 Å². The van der Waals surface area contributed by atoms with E-state index >= 15 is 0 Å². The zero-order chi connectivity index (χ0) is 34.3. The Labute approximate surface area is 371 Å². The van der Waals surface area contributed by atoms with Gasteiger partial charge in [0.25, 0.3) is 6.47 Å². The first-order valence-electron chi connectivity index (χ1n) is 11.8. The fourth-order valence-electron chi connectivity index (χ4n) is 2.65. The van der Waals surface area contributed by atoms with Crippen molar-refractivity contribution < 1.29 is 154 Å². The summed E-state index contributed by atoms with van der Waals surface area (Å²) in [5.41, 5.74) is 4.25. The van der Waals surface area contributed by atoms with E-state index in [1.54, 1.807) is 19.9 Å². The van der Waals surface area contributed by atoms with Crippen LogP contribution in [0.25, 0.3) is 9.69 Å². The summed E-state index contributed by atoms with van der Waals surface area (Å²) in [5.74, 6) is -2.73. The molecule has 0 saturated heterocycles. The van der Waals surface area contributed by atoms with Gasteiger partial charge in [0.1, 0.15) is 11.9 Å². The second-order valence-corrected chi connectivity index (χ2v) is 10.3. The van der Waals surface area contributed by atoms with Crippen molar-refractivity contribution in [2.75, 3.05) is 5.32 Å². The Kier molecular flexibility index (Phi) is 34.8. The van der Waals surface area contributed by atoms with E-state index in [0.29, 0.717) is 28.2 Å². The van der Waals surface area contributed by atoms with Crippen molar-refractivity contribution >= 4 is 58.7 Å². The van der Waals surface area contributed by atoms with E-state index in [4.69, 9.17) is 67.5 Å². The maximum atomic E-state index is 12.7. The van der Waals surface area contributed by atoms with E-state index < -0.39 is 35.2 Å². The summed E-state index contributed by atoms with van der Waals surface area (Å²) in [4.78, 5) is 38.9. The van der Waals surface area contributed by atoms with Crippen LogP contribution in [0.3, 0.4) is 0 Å². The van der Waals surface area contributed by atoms with Crippen LogP contribution in [-0.4, -0.2) is 62.1 Å². The number of nitrogens with two attached hydrogens (primary N) is 1. The molecule has 0 fully saturated rings. The zero-order valence-electron chi connectivity index (χ0n) is 27.0. The fraction of sp³-hybridized carbons (Fsp3) is 0.414. The molecule has 0 aliphatic carbocycles. The maximum absolute atomic E-state index is 12.7. The van der Waals surface area contributed by atoms with Crippen LogP contribution >= 0.6 is 23.2 Å². The van der Waals surface area contributed by atoms with Crippen molar-refractivity contribution in [3.8, 4) is 0 Å². The third kappa shape index (κ3) is 21.8. The number of anilines is 1. The molecule has 0 aliphatic rings. The molecule has 2 aromatic carbocycles. The van der Waals surface area contributed by atoms with Gasteiger partial charge in [-0.2, -0.15) is 0 Å². The van der Waals surface area contributed by atoms with Crippen LogP contribution in [0.5, 0.6) is 0 Å². The normalized spacial score (nSPS) is 10.6. The summed E-state index contributed by atoms with van der Waals surface area (Å²) < 4.78 is 12.7. The van der Waals surface area contributed by atoms with E-state index in [-0.39, 0.29) is 141 Å². The number of carbonyl (C=O) groups is 3. The largest absolute Gasteiger partial charge is 1.00 e. The Morgan fingerprint density at radius 3 is 1.62 bits per heavy atom. The number of carbonyl (C=O) groups excluding carboxylic acids is 1. The van der Waals surface area contributed by atoms with Crippen LogP contribution in [0.4, 0.5) is 21.5 Å². The molecule has 7 N–H and O–H groups in total. The number of hydrogen-bond donors (Lipinski definition) is 6. The van der Waals surface area contributed by atoms with Gasteiger partial charge in [-0.05, 0) is 64.8 Å². The van der Waals surface area contributed by atoms with E-state index in [1.165, 1.54) is 45.9 Å². The fourth-order valence-corrected chi connectivity index (χ4v) is 3.05. The third-order valence-electron chi connectivity index (χ3n) is 5.23. The molecule has 0 unspecified atom stereocenters. The van der Waals surface area contributed by atoms with Crippen LogP contribution in [-0.2, 0) is 19.3 Å². The predicted molar refractivity (Wildman–Crippen MR) is 170 cm³/mol. The standard InChI is InChI=1S/C13H15ClN2O3.C8H5ClFN.C5H11NO3.CH2O3.2CH4.2K.H/c1-7-8(5-6-9(15-4)10(7)14)16-11(12(17)18)13(2,3)19;1-5-6(10)3-4-7(11-2)8(5)9;1-5(2,9)3(6)4(7)8;2-1-4-3;;;;;/h5-6,11,16,19H,1-3H3,(H,17,18);3-4H,1H3;3,9H,6H2,1-2H3,(H,7,8);1,3H;2*1H4;;;/q;;;;;;2*+1;-1/p-1/t11-;;3-;;;;;;/m0.0....../s1. The van der Waals surface area contributed by atoms with Crippen molar-refractivity contribution in [1.82, 2.24) is 0 Å². The number of hydrogen-bond acceptors (Lipinski definition) is 9. The molecule has 18 heteroatoms. The number of halogens is 3. The van der Waals surface area contributed by atoms with E-state index in [1.807, 2.05) is 0 Å². The molecule has 0 saturated carbocycles. The van der Waals surface area contributed by atoms with Crippen molar-refractivity contribution in [2.24, 2.45) is 5.73 Å². The molecule has 2 rings (SSSR count). The zero-order valence-corrected chi connectivity index (χ0v) is 33.7. The molecule has 254 valence electrons. The van der Waals surface area contributed by atoms with E-state index in [2.05, 4.69) is 19.9 Å². The van der Waals surface area contributed by atoms with Crippen molar-refractivity contribution in [3.05, 3.63) is 74.1 Å². The first-order valence-corrected chi connectivity index (χ1v) is 12.5. The average molecular weight is 758 g/mol. The van der Waals surface area contributed by atoms with Crippen LogP contribution in [0.15, 0.2) is 24.3 Å². The Bertz CT molecular complexity index is 1370. The van der Waals surface area contributed by atoms with Crippen molar-refractivity contribution in [2.45, 2.75) is 79.7 Å². The molecule has 47 heavy (non-hydrogen) atoms. The van der Waals surface area contributed by atoms with Gasteiger partial charge < -0.3 is 43.0 Å². The van der Waals surface area contributed by atoms with Gasteiger partial charge in [-0.1, -0.05) is 50.2 Å². The second kappa shape index (κ2) is 28.0. The van der Waals surface area contributed by atoms with Crippen LogP contribution in [0.1, 0.15) is 55.1 Å². The molecule has 0 aliphatic heterocycles. The van der Waals surface area contributed by atoms with E-state index in [9.17, 15) is 19.1 Å². The molecular weight excluding hydrogens is 716 g/mol. The minimum absolute atomic E-state index is 0. The summed E-state index contributed by atoms with van der Waals surface area (Å²) in [5, 5.41) is 47.8. The summed E-state index contributed by atoms with van der Waals surface area (Å²) >= 11 is 11.7. The predicted octanol–water partition coefficient (Wildman–Crippen LogP) is -0.830. The first kappa shape index (κ1) is 58.5. The number of aliphatic hydroxyl groups is 2. The first-order chi connectivity index (χ1) is 19.6. The number of benzene rings is 2. The van der Waals surface area contributed by atoms with Crippen LogP contribution in [0.2, 0.25) is 10.0 Å². The molecule has 0 bridgehead atoms. The number of rotatable bonds is 7. The number of nitrogens with zero attached hydrogens (tertiary/aromatic N) is 2. The molecule has 0 spiro atoms. The van der Waals surface area contributed by atoms with Gasteiger partial charge in [0, 0.05) is 5.69 Å². The molecular formula is C29H41Cl2FK2N4O9. The smallest absolute Gasteiger partial charge is 1.00 e. The van der Waals surface area contributed by atoms with E-state index in [0.717, 1.165) is 0 Å². The average Bonchev–Trinajstić information content (AvgIpc) is 2.91. The Morgan fingerprint density at radius 1 is 0.957 bits per heavy atom. The number of carboxylic acid groups (broad SMARTS) is 2. The maximum Gasteiger partial charge on any atom is 1.00 e. The molecule has 0 aromatic heterocycles. The molecule has 0 heterocycles. The number of aliphatic carboxylic acids is 2. The van der Waals surface area contributed by atoms with Gasteiger partial charge in [-0.15, -0.1) is 0 Å². The third-order valence-corrected chi connectivity index (χ3v) is 6.18. The quantitative estimate of drug-likeness (QED) is 0.0675. The van der Waals surface area contributed by atoms with Crippen molar-refractivity contribution in [3.63, 3.8) is 0 Å². The Hall–Kier alpha value is -0.747. The molecule has 0 amide bonds. The summed E-state index contributed by atoms with van der Waals surface area (Å²) in [6.45, 7) is 22.2. The van der Waals surface area contributed by atoms with Gasteiger partial charge in [-0.3, -0.25) is 9.59 Å². The second-order valence-electron chi connectivity index (χ2n) is 9.53. The molecule has 2 aromatic rings. The van der Waals surface area contributed by atoms with Crippen molar-refractivity contribution in [1.29, 1.82) is 0 Å². The van der Waals surface area contributed by atoms with Crippen LogP contribution < -0.4 is 119 Å². The minimum Gasteiger partial charge on any atom is -1.00 e. The van der Waals surface area contributed by atoms with Gasteiger partial charge in [0.05, 0.1) is 34.4 Å². The molecule has 0 radical (unpaired) electrons. The van der Waals surface area contributed by atoms with Gasteiger partial charge in [-0.25, -0.2) is 18.9 Å². The van der Waals surface area contributed by atoms with Gasteiger partial charge >= 0.3 is 115 Å². The Balaban J connectivity index is -0.000000101. The minimum atomic E-state index is -1.44. The summed E-state index contributed by atoms with van der Waals surface area (Å²) in [6.07, 6.45) is 0.